The summed E-state index contributed by atoms with van der Waals surface area (Å²) in [5.41, 5.74) is -2.21. The number of rotatable bonds is 9. The molecule has 6 atom stereocenters. The molecule has 0 radical (unpaired) electrons. The molecule has 2 bridgehead atoms. The van der Waals surface area contributed by atoms with Crippen LogP contribution in [0.25, 0.3) is 10.4 Å². The van der Waals surface area contributed by atoms with E-state index in [0.29, 0.717) is 13.8 Å². The number of nitrogens with zero attached hydrogens (tertiary/aromatic N) is 3. The van der Waals surface area contributed by atoms with Gasteiger partial charge in [0.2, 0.25) is 16.1 Å². The van der Waals surface area contributed by atoms with E-state index in [1.54, 1.807) is 0 Å². The second-order valence-electron chi connectivity index (χ2n) is 7.24. The van der Waals surface area contributed by atoms with Gasteiger partial charge in [-0.3, -0.25) is 19.2 Å². The fourth-order valence-electron chi connectivity index (χ4n) is 4.03. The summed E-state index contributed by atoms with van der Waals surface area (Å²) >= 11 is -3.34. The van der Waals surface area contributed by atoms with Gasteiger partial charge in [0, 0.05) is 17.9 Å². The minimum Gasteiger partial charge on any atom is -0.393 e. The van der Waals surface area contributed by atoms with Gasteiger partial charge < -0.3 is 25.2 Å². The van der Waals surface area contributed by atoms with Gasteiger partial charge in [0.15, 0.2) is 39.8 Å². The molecule has 0 aliphatic carbocycles. The SMILES string of the molecule is CC(=O)[C@]1(O)[C@]2(O)S(=O)OC(C(=O)CCCN=[N+]=[N-])(O[C@]2(CO)C(C)=O)[C@]1(O)C(C)=O. The molecule has 31 heavy (non-hydrogen) atoms. The number of Topliss-reactive ketones (excluding diaryl/α,β-unsaturated/α-hetero) is 4. The van der Waals surface area contributed by atoms with Crippen LogP contribution >= 0.6 is 0 Å². The van der Waals surface area contributed by atoms with E-state index in [-0.39, 0.29) is 13.0 Å². The molecule has 0 aromatic heterocycles. The maximum Gasteiger partial charge on any atom is 0.284 e. The summed E-state index contributed by atoms with van der Waals surface area (Å²) in [6.07, 6.45) is -0.870. The predicted octanol–water partition coefficient (Wildman–Crippen LogP) is -2.28. The minimum absolute atomic E-state index is 0.201. The van der Waals surface area contributed by atoms with Crippen LogP contribution in [0.1, 0.15) is 33.6 Å². The van der Waals surface area contributed by atoms with E-state index in [4.69, 9.17) is 14.5 Å². The topological polar surface area (TPSA) is 233 Å². The van der Waals surface area contributed by atoms with Gasteiger partial charge in [-0.25, -0.2) is 8.39 Å². The first-order chi connectivity index (χ1) is 14.2. The Balaban J connectivity index is 2.93. The number of hydrogen-bond acceptors (Lipinski definition) is 12. The van der Waals surface area contributed by atoms with Crippen LogP contribution in [0, 0.1) is 0 Å². The Morgan fingerprint density at radius 2 is 1.58 bits per heavy atom. The highest BCUT2D eigenvalue weighted by atomic mass is 32.2. The van der Waals surface area contributed by atoms with Crippen molar-refractivity contribution in [2.24, 2.45) is 5.11 Å². The number of ether oxygens (including phenoxy) is 1. The second kappa shape index (κ2) is 7.79. The summed E-state index contributed by atoms with van der Waals surface area (Å²) < 4.78 is 23.1. The Bertz CT molecular complexity index is 936. The van der Waals surface area contributed by atoms with Gasteiger partial charge in [-0.2, -0.15) is 0 Å². The molecule has 0 aromatic rings. The van der Waals surface area contributed by atoms with Crippen molar-refractivity contribution in [3.8, 4) is 0 Å². The average Bonchev–Trinajstić information content (AvgIpc) is 2.69. The van der Waals surface area contributed by atoms with Crippen LogP contribution in [0.4, 0.5) is 0 Å². The van der Waals surface area contributed by atoms with Crippen LogP contribution in [0.2, 0.25) is 0 Å². The Morgan fingerprint density at radius 3 is 2.00 bits per heavy atom. The van der Waals surface area contributed by atoms with Crippen molar-refractivity contribution in [3.63, 3.8) is 0 Å². The number of aliphatic hydroxyl groups is 4. The highest BCUT2D eigenvalue weighted by Gasteiger charge is 2.94. The predicted molar refractivity (Wildman–Crippen MR) is 98.0 cm³/mol. The van der Waals surface area contributed by atoms with Crippen LogP contribution in [0.15, 0.2) is 5.11 Å². The molecular weight excluding hydrogens is 442 g/mol. The largest absolute Gasteiger partial charge is 0.393 e. The van der Waals surface area contributed by atoms with Gasteiger partial charge in [0.25, 0.3) is 5.79 Å². The fraction of sp³-hybridized carbons (Fsp3) is 0.750. The van der Waals surface area contributed by atoms with Gasteiger partial charge in [-0.05, 0) is 32.7 Å². The Morgan fingerprint density at radius 1 is 1.03 bits per heavy atom. The number of hydrogen-bond donors (Lipinski definition) is 4. The smallest absolute Gasteiger partial charge is 0.284 e. The number of aliphatic hydroxyl groups excluding tert-OH is 1. The van der Waals surface area contributed by atoms with Gasteiger partial charge in [0.05, 0.1) is 6.61 Å². The summed E-state index contributed by atoms with van der Waals surface area (Å²) in [4.78, 5) is 49.5. The average molecular weight is 463 g/mol. The molecule has 0 spiro atoms. The van der Waals surface area contributed by atoms with Gasteiger partial charge in [-0.15, -0.1) is 0 Å². The van der Waals surface area contributed by atoms with Crippen molar-refractivity contribution in [3.05, 3.63) is 10.4 Å². The van der Waals surface area contributed by atoms with Crippen LogP contribution < -0.4 is 0 Å². The van der Waals surface area contributed by atoms with Crippen molar-refractivity contribution in [2.45, 2.75) is 61.1 Å². The van der Waals surface area contributed by atoms with Gasteiger partial charge in [0.1, 0.15) is 0 Å². The quantitative estimate of drug-likeness (QED) is 0.123. The lowest BCUT2D eigenvalue weighted by Gasteiger charge is -2.67. The highest BCUT2D eigenvalue weighted by molar-refractivity contribution is 7.82. The zero-order valence-corrected chi connectivity index (χ0v) is 17.5. The molecule has 3 fully saturated rings. The van der Waals surface area contributed by atoms with E-state index < -0.39 is 74.8 Å². The summed E-state index contributed by atoms with van der Waals surface area (Å²) in [5, 5.41) is 46.9. The molecule has 3 saturated heterocycles. The Kier molecular flexibility index (Phi) is 6.33. The van der Waals surface area contributed by atoms with Crippen molar-refractivity contribution in [1.29, 1.82) is 0 Å². The number of azide groups is 1. The van der Waals surface area contributed by atoms with Crippen LogP contribution in [-0.4, -0.2) is 88.4 Å². The zero-order valence-electron chi connectivity index (χ0n) is 16.7. The number of carbonyl (C=O) groups is 4. The van der Waals surface area contributed by atoms with Gasteiger partial charge >= 0.3 is 0 Å². The maximum atomic E-state index is 13.1. The zero-order chi connectivity index (χ0) is 24.0. The minimum atomic E-state index is -3.78. The molecule has 0 aromatic carbocycles. The van der Waals surface area contributed by atoms with Crippen molar-refractivity contribution < 1.29 is 52.7 Å². The van der Waals surface area contributed by atoms with Gasteiger partial charge in [-0.1, -0.05) is 5.11 Å². The van der Waals surface area contributed by atoms with E-state index in [2.05, 4.69) is 10.0 Å². The fourth-order valence-corrected chi connectivity index (χ4v) is 5.66. The molecule has 2 unspecified atom stereocenters. The number of ketones is 4. The first-order valence-corrected chi connectivity index (χ1v) is 9.95. The van der Waals surface area contributed by atoms with E-state index >= 15 is 0 Å². The number of carbonyl (C=O) groups excluding carboxylic acids is 4. The summed E-state index contributed by atoms with van der Waals surface area (Å²) in [6.45, 7) is 0.228. The Hall–Kier alpha value is -2.10. The number of fused-ring (bicyclic) bond motifs is 3. The van der Waals surface area contributed by atoms with E-state index in [0.717, 1.165) is 6.92 Å². The second-order valence-corrected chi connectivity index (χ2v) is 8.46. The molecule has 14 nitrogen and oxygen atoms in total. The lowest BCUT2D eigenvalue weighted by atomic mass is 9.60. The van der Waals surface area contributed by atoms with E-state index in [9.17, 15) is 43.8 Å². The van der Waals surface area contributed by atoms with Crippen LogP contribution in [0.5, 0.6) is 0 Å². The lowest BCUT2D eigenvalue weighted by Crippen LogP contribution is -2.98. The molecule has 3 aliphatic rings. The third kappa shape index (κ3) is 2.66. The molecule has 0 saturated carbocycles. The molecule has 4 N–H and O–H groups in total. The third-order valence-corrected chi connectivity index (χ3v) is 7.19. The molecule has 172 valence electrons. The maximum absolute atomic E-state index is 13.1. The molecule has 15 heteroatoms. The standard InChI is InChI=1S/C16H21N3O11S/c1-8(21)12(7-20)16(27)14(26,10(3)23)13(25,9(2)22)15(29-12,30-31(16)28)11(24)5-4-6-18-19-17/h20,25-27H,4-7H2,1-3H3/t12-,13+,14-,15?,16-,31?/m1/s1. The molecule has 3 heterocycles. The lowest BCUT2D eigenvalue weighted by molar-refractivity contribution is -0.411. The Labute approximate surface area is 177 Å². The monoisotopic (exact) mass is 463 g/mol. The normalized spacial score (nSPS) is 41.3. The van der Waals surface area contributed by atoms with E-state index in [1.165, 1.54) is 0 Å². The summed E-state index contributed by atoms with van der Waals surface area (Å²) in [5.74, 6) is -9.14. The third-order valence-electron chi connectivity index (χ3n) is 5.69. The van der Waals surface area contributed by atoms with Crippen molar-refractivity contribution in [2.75, 3.05) is 13.2 Å². The molecule has 0 amide bonds. The summed E-state index contributed by atoms with van der Waals surface area (Å²) in [7, 11) is 0. The molecule has 3 rings (SSSR count). The van der Waals surface area contributed by atoms with E-state index in [1.807, 2.05) is 0 Å². The molecule has 3 aliphatic heterocycles. The highest BCUT2D eigenvalue weighted by Crippen LogP contribution is 2.62. The summed E-state index contributed by atoms with van der Waals surface area (Å²) in [6, 6.07) is 0. The molecular formula is C16H21N3O11S. The van der Waals surface area contributed by atoms with Crippen molar-refractivity contribution in [1.82, 2.24) is 0 Å². The first kappa shape index (κ1) is 25.2. The first-order valence-electron chi connectivity index (χ1n) is 8.88. The van der Waals surface area contributed by atoms with Crippen LogP contribution in [-0.2, 0) is 39.2 Å². The van der Waals surface area contributed by atoms with Crippen LogP contribution in [0.3, 0.4) is 0 Å². The van der Waals surface area contributed by atoms with Crippen molar-refractivity contribution >= 4 is 34.2 Å².